The molecule has 0 radical (unpaired) electrons. The SMILES string of the molecule is CN1CCN([C@@H]2CCCc3ccc(N)cc32)CC1. The highest BCUT2D eigenvalue weighted by atomic mass is 15.3. The van der Waals surface area contributed by atoms with Crippen molar-refractivity contribution in [3.63, 3.8) is 0 Å². The summed E-state index contributed by atoms with van der Waals surface area (Å²) in [6.45, 7) is 4.76. The minimum Gasteiger partial charge on any atom is -0.399 e. The maximum atomic E-state index is 5.97. The number of hydrogen-bond donors (Lipinski definition) is 1. The van der Waals surface area contributed by atoms with Crippen LogP contribution in [0.5, 0.6) is 0 Å². The van der Waals surface area contributed by atoms with E-state index in [9.17, 15) is 0 Å². The van der Waals surface area contributed by atoms with E-state index in [0.29, 0.717) is 6.04 Å². The van der Waals surface area contributed by atoms with Crippen LogP contribution in [0.2, 0.25) is 0 Å². The summed E-state index contributed by atoms with van der Waals surface area (Å²) in [5.74, 6) is 0. The van der Waals surface area contributed by atoms with Gasteiger partial charge in [-0.05, 0) is 49.6 Å². The Morgan fingerprint density at radius 3 is 2.72 bits per heavy atom. The summed E-state index contributed by atoms with van der Waals surface area (Å²) in [5, 5.41) is 0. The third-order valence-electron chi connectivity index (χ3n) is 4.43. The Bertz CT molecular complexity index is 422. The Labute approximate surface area is 110 Å². The number of anilines is 1. The van der Waals surface area contributed by atoms with Gasteiger partial charge >= 0.3 is 0 Å². The highest BCUT2D eigenvalue weighted by molar-refractivity contribution is 5.47. The van der Waals surface area contributed by atoms with E-state index in [1.165, 1.54) is 56.6 Å². The molecule has 1 aromatic carbocycles. The maximum Gasteiger partial charge on any atom is 0.0352 e. The first-order valence-corrected chi connectivity index (χ1v) is 7.05. The van der Waals surface area contributed by atoms with E-state index in [1.807, 2.05) is 6.07 Å². The van der Waals surface area contributed by atoms with E-state index in [2.05, 4.69) is 29.0 Å². The van der Waals surface area contributed by atoms with E-state index in [4.69, 9.17) is 5.73 Å². The molecule has 1 fully saturated rings. The maximum absolute atomic E-state index is 5.97. The van der Waals surface area contributed by atoms with Gasteiger partial charge in [-0.3, -0.25) is 4.90 Å². The number of rotatable bonds is 1. The number of hydrogen-bond acceptors (Lipinski definition) is 3. The fourth-order valence-electron chi connectivity index (χ4n) is 3.31. The minimum absolute atomic E-state index is 0.603. The monoisotopic (exact) mass is 245 g/mol. The number of fused-ring (bicyclic) bond motifs is 1. The lowest BCUT2D eigenvalue weighted by molar-refractivity contribution is 0.102. The van der Waals surface area contributed by atoms with E-state index >= 15 is 0 Å². The van der Waals surface area contributed by atoms with Gasteiger partial charge in [-0.1, -0.05) is 6.07 Å². The molecule has 2 N–H and O–H groups in total. The van der Waals surface area contributed by atoms with Crippen LogP contribution in [0.1, 0.15) is 30.0 Å². The largest absolute Gasteiger partial charge is 0.399 e. The molecule has 2 aliphatic rings. The molecule has 0 spiro atoms. The number of aryl methyl sites for hydroxylation is 1. The normalized spacial score (nSPS) is 25.9. The molecule has 1 atom stereocenters. The second-order valence-electron chi connectivity index (χ2n) is 5.71. The van der Waals surface area contributed by atoms with E-state index in [0.717, 1.165) is 5.69 Å². The van der Waals surface area contributed by atoms with Crippen molar-refractivity contribution >= 4 is 5.69 Å². The molecule has 98 valence electrons. The molecule has 3 nitrogen and oxygen atoms in total. The standard InChI is InChI=1S/C15H23N3/c1-17-7-9-18(10-8-17)15-4-2-3-12-5-6-13(16)11-14(12)15/h5-6,11,15H,2-4,7-10,16H2,1H3/t15-/m1/s1. The van der Waals surface area contributed by atoms with Gasteiger partial charge in [0, 0.05) is 37.9 Å². The number of piperazine rings is 1. The summed E-state index contributed by atoms with van der Waals surface area (Å²) in [5.41, 5.74) is 9.89. The van der Waals surface area contributed by atoms with Gasteiger partial charge in [-0.2, -0.15) is 0 Å². The average Bonchev–Trinajstić information content (AvgIpc) is 2.39. The van der Waals surface area contributed by atoms with Gasteiger partial charge in [0.1, 0.15) is 0 Å². The Balaban J connectivity index is 1.84. The van der Waals surface area contributed by atoms with Crippen molar-refractivity contribution in [2.75, 3.05) is 39.0 Å². The van der Waals surface area contributed by atoms with Crippen LogP contribution in [-0.4, -0.2) is 43.0 Å². The van der Waals surface area contributed by atoms with E-state index < -0.39 is 0 Å². The van der Waals surface area contributed by atoms with Crippen molar-refractivity contribution < 1.29 is 0 Å². The molecule has 0 amide bonds. The number of nitrogen functional groups attached to an aromatic ring is 1. The molecule has 18 heavy (non-hydrogen) atoms. The third kappa shape index (κ3) is 2.25. The molecule has 0 aromatic heterocycles. The lowest BCUT2D eigenvalue weighted by Crippen LogP contribution is -2.46. The van der Waals surface area contributed by atoms with Gasteiger partial charge in [0.05, 0.1) is 0 Å². The van der Waals surface area contributed by atoms with Crippen LogP contribution < -0.4 is 5.73 Å². The van der Waals surface area contributed by atoms with Crippen LogP contribution >= 0.6 is 0 Å². The molecule has 0 saturated carbocycles. The average molecular weight is 245 g/mol. The van der Waals surface area contributed by atoms with Crippen molar-refractivity contribution in [1.82, 2.24) is 9.80 Å². The van der Waals surface area contributed by atoms with E-state index in [1.54, 1.807) is 0 Å². The summed E-state index contributed by atoms with van der Waals surface area (Å²) in [6, 6.07) is 7.08. The number of nitrogens with zero attached hydrogens (tertiary/aromatic N) is 2. The van der Waals surface area contributed by atoms with Crippen LogP contribution in [0.25, 0.3) is 0 Å². The number of benzene rings is 1. The molecule has 3 heteroatoms. The molecule has 1 aromatic rings. The Morgan fingerprint density at radius 2 is 1.94 bits per heavy atom. The van der Waals surface area contributed by atoms with E-state index in [-0.39, 0.29) is 0 Å². The van der Waals surface area contributed by atoms with Crippen LogP contribution in [0.3, 0.4) is 0 Å². The molecule has 1 aliphatic heterocycles. The third-order valence-corrected chi connectivity index (χ3v) is 4.43. The molecule has 0 bridgehead atoms. The van der Waals surface area contributed by atoms with Gasteiger partial charge in [0.25, 0.3) is 0 Å². The summed E-state index contributed by atoms with van der Waals surface area (Å²) in [6.07, 6.45) is 3.83. The van der Waals surface area contributed by atoms with Gasteiger partial charge in [-0.15, -0.1) is 0 Å². The van der Waals surface area contributed by atoms with Crippen molar-refractivity contribution in [3.8, 4) is 0 Å². The highest BCUT2D eigenvalue weighted by Crippen LogP contribution is 2.35. The molecule has 3 rings (SSSR count). The Kier molecular flexibility index (Phi) is 3.27. The quantitative estimate of drug-likeness (QED) is 0.767. The van der Waals surface area contributed by atoms with Gasteiger partial charge < -0.3 is 10.6 Å². The summed E-state index contributed by atoms with van der Waals surface area (Å²) >= 11 is 0. The first-order valence-electron chi connectivity index (χ1n) is 7.05. The molecule has 1 aliphatic carbocycles. The fraction of sp³-hybridized carbons (Fsp3) is 0.600. The van der Waals surface area contributed by atoms with Crippen molar-refractivity contribution in [1.29, 1.82) is 0 Å². The second kappa shape index (κ2) is 4.90. The second-order valence-corrected chi connectivity index (χ2v) is 5.71. The smallest absolute Gasteiger partial charge is 0.0352 e. The lowest BCUT2D eigenvalue weighted by atomic mass is 9.86. The molecule has 1 heterocycles. The van der Waals surface area contributed by atoms with Gasteiger partial charge in [0.15, 0.2) is 0 Å². The summed E-state index contributed by atoms with van der Waals surface area (Å²) < 4.78 is 0. The number of nitrogens with two attached hydrogens (primary N) is 1. The van der Waals surface area contributed by atoms with Crippen LogP contribution in [-0.2, 0) is 6.42 Å². The minimum atomic E-state index is 0.603. The molecule has 0 unspecified atom stereocenters. The zero-order valence-electron chi connectivity index (χ0n) is 11.2. The predicted molar refractivity (Wildman–Crippen MR) is 75.6 cm³/mol. The first-order chi connectivity index (χ1) is 8.74. The molecule has 1 saturated heterocycles. The van der Waals surface area contributed by atoms with Gasteiger partial charge in [-0.25, -0.2) is 0 Å². The Hall–Kier alpha value is -1.06. The highest BCUT2D eigenvalue weighted by Gasteiger charge is 2.27. The van der Waals surface area contributed by atoms with Crippen molar-refractivity contribution in [2.45, 2.75) is 25.3 Å². The molecular weight excluding hydrogens is 222 g/mol. The predicted octanol–water partition coefficient (Wildman–Crippen LogP) is 1.89. The Morgan fingerprint density at radius 1 is 1.17 bits per heavy atom. The lowest BCUT2D eigenvalue weighted by Gasteiger charge is -2.40. The molecular formula is C15H23N3. The first kappa shape index (κ1) is 12.0. The zero-order valence-corrected chi connectivity index (χ0v) is 11.2. The fourth-order valence-corrected chi connectivity index (χ4v) is 3.31. The van der Waals surface area contributed by atoms with Crippen molar-refractivity contribution in [3.05, 3.63) is 29.3 Å². The number of likely N-dealkylation sites (N-methyl/N-ethyl adjacent to an activating group) is 1. The summed E-state index contributed by atoms with van der Waals surface area (Å²) in [7, 11) is 2.21. The van der Waals surface area contributed by atoms with Gasteiger partial charge in [0.2, 0.25) is 0 Å². The van der Waals surface area contributed by atoms with Crippen molar-refractivity contribution in [2.24, 2.45) is 0 Å². The topological polar surface area (TPSA) is 32.5 Å². The zero-order chi connectivity index (χ0) is 12.5. The van der Waals surface area contributed by atoms with Crippen LogP contribution in [0.15, 0.2) is 18.2 Å². The summed E-state index contributed by atoms with van der Waals surface area (Å²) in [4.78, 5) is 5.07. The van der Waals surface area contributed by atoms with Crippen LogP contribution in [0, 0.1) is 0 Å². The van der Waals surface area contributed by atoms with Crippen LogP contribution in [0.4, 0.5) is 5.69 Å².